The minimum Gasteiger partial charge on any atom is -0.0619 e. The molecule has 0 heteroatoms. The van der Waals surface area contributed by atoms with Crippen molar-refractivity contribution >= 4 is 53.9 Å². The van der Waals surface area contributed by atoms with Gasteiger partial charge in [-0.25, -0.2) is 0 Å². The second-order valence-corrected chi connectivity index (χ2v) is 19.4. The summed E-state index contributed by atoms with van der Waals surface area (Å²) in [6, 6.07) is 83.3. The van der Waals surface area contributed by atoms with Gasteiger partial charge in [0.15, 0.2) is 0 Å². The molecule has 1 spiro atoms. The summed E-state index contributed by atoms with van der Waals surface area (Å²) in [6.07, 6.45) is 0. The number of hydrogen-bond acceptors (Lipinski definition) is 0. The second-order valence-electron chi connectivity index (χ2n) is 19.4. The molecule has 0 nitrogen and oxygen atoms in total. The van der Waals surface area contributed by atoms with E-state index in [9.17, 15) is 0 Å². The van der Waals surface area contributed by atoms with Crippen LogP contribution >= 0.6 is 0 Å². The molecule has 3 aliphatic carbocycles. The fourth-order valence-electron chi connectivity index (χ4n) is 13.2. The lowest BCUT2D eigenvalue weighted by molar-refractivity contribution is 0.661. The molecular weight excluding hydrogens is 793 g/mol. The van der Waals surface area contributed by atoms with E-state index in [1.165, 1.54) is 143 Å². The van der Waals surface area contributed by atoms with Crippen LogP contribution in [0.5, 0.6) is 0 Å². The average molecular weight is 835 g/mol. The number of rotatable bonds is 2. The van der Waals surface area contributed by atoms with Gasteiger partial charge in [-0.3, -0.25) is 0 Å². The van der Waals surface area contributed by atoms with Crippen molar-refractivity contribution in [2.75, 3.05) is 0 Å². The molecule has 0 saturated heterocycles. The van der Waals surface area contributed by atoms with Crippen molar-refractivity contribution in [3.05, 3.63) is 252 Å². The van der Waals surface area contributed by atoms with Crippen LogP contribution < -0.4 is 0 Å². The Bertz CT molecular complexity index is 4040. The third-order valence-corrected chi connectivity index (χ3v) is 16.0. The summed E-state index contributed by atoms with van der Waals surface area (Å²) in [4.78, 5) is 0. The summed E-state index contributed by atoms with van der Waals surface area (Å²) in [5, 5.41) is 12.8. The van der Waals surface area contributed by atoms with Gasteiger partial charge in [-0.15, -0.1) is 0 Å². The highest BCUT2D eigenvalue weighted by Gasteiger charge is 2.52. The monoisotopic (exact) mass is 834 g/mol. The summed E-state index contributed by atoms with van der Waals surface area (Å²) in [7, 11) is 0. The van der Waals surface area contributed by atoms with Crippen LogP contribution in [0.4, 0.5) is 0 Å². The van der Waals surface area contributed by atoms with Crippen molar-refractivity contribution in [3.8, 4) is 55.6 Å². The van der Waals surface area contributed by atoms with Crippen molar-refractivity contribution in [2.45, 2.75) is 24.7 Å². The van der Waals surface area contributed by atoms with Gasteiger partial charge in [0.1, 0.15) is 0 Å². The quantitative estimate of drug-likeness (QED) is 0.152. The first kappa shape index (κ1) is 36.3. The van der Waals surface area contributed by atoms with E-state index < -0.39 is 5.41 Å². The first-order valence-electron chi connectivity index (χ1n) is 23.4. The molecule has 0 atom stereocenters. The zero-order valence-corrected chi connectivity index (χ0v) is 36.8. The second kappa shape index (κ2) is 12.8. The zero-order chi connectivity index (χ0) is 43.5. The molecule has 0 N–H and O–H groups in total. The van der Waals surface area contributed by atoms with E-state index in [1.807, 2.05) is 0 Å². The van der Waals surface area contributed by atoms with Gasteiger partial charge in [0.2, 0.25) is 0 Å². The van der Waals surface area contributed by atoms with Crippen LogP contribution in [0, 0.1) is 0 Å². The van der Waals surface area contributed by atoms with Crippen LogP contribution in [0.25, 0.3) is 109 Å². The lowest BCUT2D eigenvalue weighted by Gasteiger charge is -2.30. The van der Waals surface area contributed by atoms with Crippen LogP contribution in [0.2, 0.25) is 0 Å². The lowest BCUT2D eigenvalue weighted by Crippen LogP contribution is -2.25. The van der Waals surface area contributed by atoms with Crippen molar-refractivity contribution in [3.63, 3.8) is 0 Å². The van der Waals surface area contributed by atoms with Crippen LogP contribution in [0.15, 0.2) is 218 Å². The third kappa shape index (κ3) is 4.49. The summed E-state index contributed by atoms with van der Waals surface area (Å²) in [5.41, 5.74) is 20.9. The average Bonchev–Trinajstić information content (AvgIpc) is 3.91. The number of fused-ring (bicyclic) bond motifs is 19. The first-order valence-corrected chi connectivity index (χ1v) is 23.4. The van der Waals surface area contributed by atoms with Crippen molar-refractivity contribution in [1.29, 1.82) is 0 Å². The van der Waals surface area contributed by atoms with Crippen LogP contribution in [0.3, 0.4) is 0 Å². The highest BCUT2D eigenvalue weighted by Crippen LogP contribution is 2.64. The molecule has 12 aromatic carbocycles. The van der Waals surface area contributed by atoms with Crippen molar-refractivity contribution < 1.29 is 0 Å². The van der Waals surface area contributed by atoms with Gasteiger partial charge < -0.3 is 0 Å². The highest BCUT2D eigenvalue weighted by molar-refractivity contribution is 6.25. The molecule has 0 heterocycles. The Hall–Kier alpha value is -8.06. The molecule has 3 aliphatic rings. The molecule has 0 aliphatic heterocycles. The number of hydrogen-bond donors (Lipinski definition) is 0. The minimum atomic E-state index is -0.429. The molecule has 15 rings (SSSR count). The van der Waals surface area contributed by atoms with Crippen molar-refractivity contribution in [1.82, 2.24) is 0 Å². The van der Waals surface area contributed by atoms with Gasteiger partial charge >= 0.3 is 0 Å². The van der Waals surface area contributed by atoms with E-state index in [0.29, 0.717) is 0 Å². The molecule has 0 bridgehead atoms. The van der Waals surface area contributed by atoms with Crippen molar-refractivity contribution in [2.24, 2.45) is 0 Å². The molecule has 0 amide bonds. The van der Waals surface area contributed by atoms with Gasteiger partial charge in [-0.1, -0.05) is 196 Å². The predicted molar refractivity (Wildman–Crippen MR) is 279 cm³/mol. The molecule has 12 aromatic rings. The Balaban J connectivity index is 0.997. The lowest BCUT2D eigenvalue weighted by atomic mass is 9.70. The van der Waals surface area contributed by atoms with Crippen LogP contribution in [-0.4, -0.2) is 0 Å². The molecule has 0 aromatic heterocycles. The normalized spacial score (nSPS) is 14.5. The molecule has 0 unspecified atom stereocenters. The van der Waals surface area contributed by atoms with E-state index in [-0.39, 0.29) is 5.41 Å². The molecule has 0 fully saturated rings. The summed E-state index contributed by atoms with van der Waals surface area (Å²) < 4.78 is 0. The Kier molecular flexibility index (Phi) is 7.04. The third-order valence-electron chi connectivity index (χ3n) is 16.0. The van der Waals surface area contributed by atoms with Gasteiger partial charge in [-0.05, 0) is 179 Å². The maximum Gasteiger partial charge on any atom is 0.0725 e. The maximum absolute atomic E-state index is 2.55. The Morgan fingerprint density at radius 3 is 1.29 bits per heavy atom. The first-order chi connectivity index (χ1) is 32.5. The van der Waals surface area contributed by atoms with E-state index in [2.05, 4.69) is 232 Å². The summed E-state index contributed by atoms with van der Waals surface area (Å²) in [6.45, 7) is 4.80. The molecule has 0 saturated carbocycles. The minimum absolute atomic E-state index is 0.127. The molecule has 306 valence electrons. The smallest absolute Gasteiger partial charge is 0.0619 e. The fraction of sp³-hybridized carbons (Fsp3) is 0.0606. The van der Waals surface area contributed by atoms with E-state index in [4.69, 9.17) is 0 Å². The van der Waals surface area contributed by atoms with Gasteiger partial charge in [0.25, 0.3) is 0 Å². The zero-order valence-electron chi connectivity index (χ0n) is 36.8. The fourth-order valence-corrected chi connectivity index (χ4v) is 13.2. The molecule has 66 heavy (non-hydrogen) atoms. The Labute approximate surface area is 384 Å². The topological polar surface area (TPSA) is 0 Å². The Morgan fingerprint density at radius 2 is 0.682 bits per heavy atom. The molecule has 0 radical (unpaired) electrons. The van der Waals surface area contributed by atoms with Crippen LogP contribution in [-0.2, 0) is 10.8 Å². The van der Waals surface area contributed by atoms with E-state index >= 15 is 0 Å². The Morgan fingerprint density at radius 1 is 0.242 bits per heavy atom. The van der Waals surface area contributed by atoms with Gasteiger partial charge in [0.05, 0.1) is 5.41 Å². The summed E-state index contributed by atoms with van der Waals surface area (Å²) >= 11 is 0. The van der Waals surface area contributed by atoms with E-state index in [1.54, 1.807) is 0 Å². The summed E-state index contributed by atoms with van der Waals surface area (Å²) in [5.74, 6) is 0. The number of benzene rings is 12. The SMILES string of the molecule is CC1(C)c2ccccc2-c2c1cc(-c1c3ccccc3c(-c3ccc4cc5c(cc4c3)C3(c4ccccc4-c4ccccc43)c3cc4ccccc4cc3-5)c3ccccc13)c1ccccc21. The standard InChI is InChI=1S/C66H42/c1-65(2)56-28-14-13-27-52(56)64-47-22-6-5-19-44(47)55(38-61(64)65)63-50-25-9-7-23-48(50)62(49-24-8-10-26-51(49)63)42-32-31-41-35-54-53-34-39-17-3-4-18-40(39)36-59(53)66(60(54)37-43(41)33-42)57-29-15-11-20-45(57)46-21-12-16-30-58(46)66/h3-38H,1-2H3. The van der Waals surface area contributed by atoms with E-state index in [0.717, 1.165) is 0 Å². The van der Waals surface area contributed by atoms with Gasteiger partial charge in [0, 0.05) is 5.41 Å². The molecular formula is C66H42. The van der Waals surface area contributed by atoms with Gasteiger partial charge in [-0.2, -0.15) is 0 Å². The van der Waals surface area contributed by atoms with Crippen LogP contribution in [0.1, 0.15) is 47.2 Å². The highest BCUT2D eigenvalue weighted by atomic mass is 14.5. The largest absolute Gasteiger partial charge is 0.0725 e. The maximum atomic E-state index is 2.55. The predicted octanol–water partition coefficient (Wildman–Crippen LogP) is 17.4.